The third kappa shape index (κ3) is 4.99. The molecule has 0 saturated heterocycles. The summed E-state index contributed by atoms with van der Waals surface area (Å²) in [6.45, 7) is 6.45. The largest absolute Gasteiger partial charge is 0.496 e. The maximum Gasteiger partial charge on any atom is 0.225 e. The average Bonchev–Trinajstić information content (AvgIpc) is 2.41. The first kappa shape index (κ1) is 16.1. The smallest absolute Gasteiger partial charge is 0.225 e. The van der Waals surface area contributed by atoms with Crippen molar-refractivity contribution < 1.29 is 19.0 Å². The molecule has 0 atom stereocenters. The first-order valence-corrected chi connectivity index (χ1v) is 6.51. The van der Waals surface area contributed by atoms with Crippen molar-refractivity contribution in [3.63, 3.8) is 0 Å². The van der Waals surface area contributed by atoms with Crippen LogP contribution in [-0.4, -0.2) is 33.3 Å². The van der Waals surface area contributed by atoms with Gasteiger partial charge in [-0.1, -0.05) is 20.8 Å². The van der Waals surface area contributed by atoms with E-state index in [9.17, 15) is 4.79 Å². The van der Waals surface area contributed by atoms with E-state index in [4.69, 9.17) is 14.2 Å². The molecule has 0 aliphatic heterocycles. The minimum absolute atomic E-state index is 0.00400. The van der Waals surface area contributed by atoms with E-state index in [1.54, 1.807) is 32.4 Å². The molecule has 1 rings (SSSR count). The van der Waals surface area contributed by atoms with Crippen LogP contribution in [0.1, 0.15) is 20.8 Å². The van der Waals surface area contributed by atoms with Crippen LogP contribution in [0.15, 0.2) is 18.2 Å². The molecule has 5 nitrogen and oxygen atoms in total. The third-order valence-corrected chi connectivity index (χ3v) is 2.66. The molecule has 0 heterocycles. The van der Waals surface area contributed by atoms with Gasteiger partial charge in [0.1, 0.15) is 23.9 Å². The minimum Gasteiger partial charge on any atom is -0.496 e. The van der Waals surface area contributed by atoms with Crippen LogP contribution in [0.2, 0.25) is 0 Å². The second-order valence-corrected chi connectivity index (χ2v) is 5.40. The van der Waals surface area contributed by atoms with Gasteiger partial charge in [0.15, 0.2) is 0 Å². The summed E-state index contributed by atoms with van der Waals surface area (Å²) < 4.78 is 15.9. The van der Waals surface area contributed by atoms with Gasteiger partial charge in [-0.05, 0) is 0 Å². The monoisotopic (exact) mass is 281 g/mol. The fraction of sp³-hybridized carbons (Fsp3) is 0.533. The number of methoxy groups -OCH3 is 2. The molecule has 1 N–H and O–H groups in total. The van der Waals surface area contributed by atoms with Crippen molar-refractivity contribution in [1.29, 1.82) is 0 Å². The Labute approximate surface area is 120 Å². The predicted molar refractivity (Wildman–Crippen MR) is 77.5 cm³/mol. The fourth-order valence-electron chi connectivity index (χ4n) is 1.46. The lowest BCUT2D eigenvalue weighted by atomic mass is 9.96. The zero-order valence-electron chi connectivity index (χ0n) is 12.8. The summed E-state index contributed by atoms with van der Waals surface area (Å²) in [5.41, 5.74) is -0.390. The normalized spacial score (nSPS) is 10.8. The Balaban J connectivity index is 2.48. The van der Waals surface area contributed by atoms with Crippen LogP contribution in [0.4, 0.5) is 0 Å². The van der Waals surface area contributed by atoms with Gasteiger partial charge < -0.3 is 19.5 Å². The molecule has 0 aliphatic rings. The number of rotatable bonds is 6. The molecule has 112 valence electrons. The van der Waals surface area contributed by atoms with Crippen molar-refractivity contribution in [2.45, 2.75) is 20.8 Å². The topological polar surface area (TPSA) is 56.8 Å². The van der Waals surface area contributed by atoms with E-state index in [0.29, 0.717) is 30.4 Å². The number of benzene rings is 1. The van der Waals surface area contributed by atoms with E-state index >= 15 is 0 Å². The second kappa shape index (κ2) is 7.03. The van der Waals surface area contributed by atoms with E-state index in [0.717, 1.165) is 0 Å². The van der Waals surface area contributed by atoms with E-state index in [1.807, 2.05) is 20.8 Å². The van der Waals surface area contributed by atoms with Crippen molar-refractivity contribution in [2.24, 2.45) is 5.41 Å². The van der Waals surface area contributed by atoms with Gasteiger partial charge in [-0.25, -0.2) is 0 Å². The van der Waals surface area contributed by atoms with Crippen LogP contribution in [0, 0.1) is 5.41 Å². The maximum absolute atomic E-state index is 11.7. The van der Waals surface area contributed by atoms with Crippen molar-refractivity contribution in [1.82, 2.24) is 5.32 Å². The Hall–Kier alpha value is -1.91. The van der Waals surface area contributed by atoms with Gasteiger partial charge >= 0.3 is 0 Å². The Morgan fingerprint density at radius 2 is 1.55 bits per heavy atom. The highest BCUT2D eigenvalue weighted by molar-refractivity contribution is 5.81. The first-order chi connectivity index (χ1) is 9.36. The first-order valence-electron chi connectivity index (χ1n) is 6.51. The van der Waals surface area contributed by atoms with Crippen LogP contribution >= 0.6 is 0 Å². The summed E-state index contributed by atoms with van der Waals surface area (Å²) in [5.74, 6) is 1.98. The average molecular weight is 281 g/mol. The number of hydrogen-bond acceptors (Lipinski definition) is 4. The van der Waals surface area contributed by atoms with Crippen molar-refractivity contribution in [2.75, 3.05) is 27.4 Å². The molecule has 0 saturated carbocycles. The van der Waals surface area contributed by atoms with Gasteiger partial charge in [0.2, 0.25) is 5.91 Å². The van der Waals surface area contributed by atoms with Crippen LogP contribution in [0.25, 0.3) is 0 Å². The van der Waals surface area contributed by atoms with Gasteiger partial charge in [-0.2, -0.15) is 0 Å². The van der Waals surface area contributed by atoms with Crippen LogP contribution in [0.3, 0.4) is 0 Å². The molecule has 1 aromatic rings. The molecular weight excluding hydrogens is 258 g/mol. The number of hydrogen-bond donors (Lipinski definition) is 1. The second-order valence-electron chi connectivity index (χ2n) is 5.40. The van der Waals surface area contributed by atoms with E-state index in [2.05, 4.69) is 5.32 Å². The number of nitrogens with one attached hydrogen (secondary N) is 1. The minimum atomic E-state index is -0.390. The molecule has 0 unspecified atom stereocenters. The lowest BCUT2D eigenvalue weighted by Gasteiger charge is -2.17. The Kier molecular flexibility index (Phi) is 5.67. The van der Waals surface area contributed by atoms with E-state index in [-0.39, 0.29) is 11.3 Å². The summed E-state index contributed by atoms with van der Waals surface area (Å²) in [4.78, 5) is 11.7. The molecule has 0 aliphatic carbocycles. The molecule has 0 bridgehead atoms. The maximum atomic E-state index is 11.7. The van der Waals surface area contributed by atoms with Crippen LogP contribution in [0.5, 0.6) is 17.2 Å². The summed E-state index contributed by atoms with van der Waals surface area (Å²) in [6, 6.07) is 5.32. The van der Waals surface area contributed by atoms with Crippen molar-refractivity contribution in [3.05, 3.63) is 18.2 Å². The molecule has 0 spiro atoms. The van der Waals surface area contributed by atoms with Crippen LogP contribution in [-0.2, 0) is 4.79 Å². The fourth-order valence-corrected chi connectivity index (χ4v) is 1.46. The highest BCUT2D eigenvalue weighted by Crippen LogP contribution is 2.27. The molecule has 5 heteroatoms. The predicted octanol–water partition coefficient (Wildman–Crippen LogP) is 2.24. The van der Waals surface area contributed by atoms with Gasteiger partial charge in [-0.3, -0.25) is 4.79 Å². The van der Waals surface area contributed by atoms with Crippen molar-refractivity contribution in [3.8, 4) is 17.2 Å². The third-order valence-electron chi connectivity index (χ3n) is 2.66. The van der Waals surface area contributed by atoms with Gasteiger partial charge in [-0.15, -0.1) is 0 Å². The lowest BCUT2D eigenvalue weighted by molar-refractivity contribution is -0.128. The zero-order chi connectivity index (χ0) is 15.2. The summed E-state index contributed by atoms with van der Waals surface area (Å²) >= 11 is 0. The zero-order valence-corrected chi connectivity index (χ0v) is 12.8. The summed E-state index contributed by atoms with van der Waals surface area (Å²) in [7, 11) is 3.17. The lowest BCUT2D eigenvalue weighted by Crippen LogP contribution is -2.37. The Morgan fingerprint density at radius 1 is 1.05 bits per heavy atom. The van der Waals surface area contributed by atoms with Crippen LogP contribution < -0.4 is 19.5 Å². The quantitative estimate of drug-likeness (QED) is 0.813. The number of ether oxygens (including phenoxy) is 3. The molecule has 20 heavy (non-hydrogen) atoms. The standard InChI is InChI=1S/C15H23NO4/c1-15(2,3)14(17)16-6-7-20-13-9-11(18-4)8-12(10-13)19-5/h8-10H,6-7H2,1-5H3,(H,16,17). The molecule has 0 aromatic heterocycles. The number of carbonyl (C=O) groups is 1. The summed E-state index contributed by atoms with van der Waals surface area (Å²) in [6.07, 6.45) is 0. The molecule has 1 amide bonds. The molecule has 0 radical (unpaired) electrons. The molecule has 1 aromatic carbocycles. The van der Waals surface area contributed by atoms with Gasteiger partial charge in [0.25, 0.3) is 0 Å². The van der Waals surface area contributed by atoms with E-state index in [1.165, 1.54) is 0 Å². The highest BCUT2D eigenvalue weighted by Gasteiger charge is 2.20. The van der Waals surface area contributed by atoms with Gasteiger partial charge in [0.05, 0.1) is 20.8 Å². The highest BCUT2D eigenvalue weighted by atomic mass is 16.5. The number of amides is 1. The SMILES string of the molecule is COc1cc(OC)cc(OCCNC(=O)C(C)(C)C)c1. The number of carbonyl (C=O) groups excluding carboxylic acids is 1. The van der Waals surface area contributed by atoms with E-state index < -0.39 is 0 Å². The van der Waals surface area contributed by atoms with Crippen molar-refractivity contribution >= 4 is 5.91 Å². The Morgan fingerprint density at radius 3 is 2.00 bits per heavy atom. The Bertz CT molecular complexity index is 429. The molecular formula is C15H23NO4. The molecule has 0 fully saturated rings. The summed E-state index contributed by atoms with van der Waals surface area (Å²) in [5, 5.41) is 2.82. The van der Waals surface area contributed by atoms with Gasteiger partial charge in [0, 0.05) is 23.6 Å².